The van der Waals surface area contributed by atoms with Gasteiger partial charge in [0.05, 0.1) is 25.9 Å². The van der Waals surface area contributed by atoms with Crippen molar-refractivity contribution in [3.8, 4) is 0 Å². The van der Waals surface area contributed by atoms with Crippen LogP contribution in [0.25, 0.3) is 0 Å². The number of aliphatic imine (C=N–C) groups is 1. The molecule has 186 valence electrons. The van der Waals surface area contributed by atoms with Crippen LogP contribution in [0, 0.1) is 0 Å². The van der Waals surface area contributed by atoms with Crippen molar-refractivity contribution < 1.29 is 58.7 Å². The lowest BCUT2D eigenvalue weighted by Gasteiger charge is -2.19. The Balaban J connectivity index is 1.74. The number of aliphatic hydroxyl groups is 5. The molecule has 0 unspecified atom stereocenters. The van der Waals surface area contributed by atoms with Crippen LogP contribution in [0.3, 0.4) is 0 Å². The molecule has 0 spiro atoms. The summed E-state index contributed by atoms with van der Waals surface area (Å²) in [5, 5.41) is 52.0. The highest BCUT2D eigenvalue weighted by Crippen LogP contribution is 2.37. The van der Waals surface area contributed by atoms with Crippen molar-refractivity contribution >= 4 is 25.9 Å². The highest BCUT2D eigenvalue weighted by Gasteiger charge is 2.45. The maximum Gasteiger partial charge on any atom is 0.469 e. The Hall–Kier alpha value is -2.02. The SMILES string of the molecule is NC(=O)c1ncn([C@@H]2O[C@H](CO)[C@@H](O)[C@H]2O)c1N/C=N/[C@@H]1O[C@H](COP(=O)(O)O)[C@@H](O)[C@H]1O. The Morgan fingerprint density at radius 2 is 1.88 bits per heavy atom. The molecule has 2 saturated heterocycles. The van der Waals surface area contributed by atoms with Crippen molar-refractivity contribution in [2.75, 3.05) is 18.5 Å². The summed E-state index contributed by atoms with van der Waals surface area (Å²) in [4.78, 5) is 36.9. The van der Waals surface area contributed by atoms with Crippen LogP contribution in [-0.4, -0.2) is 113 Å². The first-order chi connectivity index (χ1) is 15.4. The number of nitrogens with one attached hydrogen (secondary N) is 1. The Bertz CT molecular complexity index is 923. The quantitative estimate of drug-likeness (QED) is 0.0885. The fraction of sp³-hybridized carbons (Fsp3) is 0.667. The molecule has 0 radical (unpaired) electrons. The minimum absolute atomic E-state index is 0.115. The van der Waals surface area contributed by atoms with Crippen molar-refractivity contribution in [1.82, 2.24) is 9.55 Å². The summed E-state index contributed by atoms with van der Waals surface area (Å²) in [6.07, 6.45) is -9.01. The number of primary amides is 1. The molecule has 2 aliphatic rings. The zero-order valence-corrected chi connectivity index (χ0v) is 17.6. The van der Waals surface area contributed by atoms with Gasteiger partial charge >= 0.3 is 7.82 Å². The summed E-state index contributed by atoms with van der Waals surface area (Å²) in [5.41, 5.74) is 5.00. The van der Waals surface area contributed by atoms with E-state index in [1.807, 2.05) is 0 Å². The molecule has 1 amide bonds. The molecule has 18 heteroatoms. The standard InChI is InChI=1S/C15H24N5O12P/c16-12(26)7-13(20(4-19-7)15-11(25)8(22)5(1-21)32-15)17-3-18-14-10(24)9(23)6(31-14)2-30-33(27,28)29/h3-6,8-11,14-15,21-25H,1-2H2,(H2,16,26)(H,17,18)(H2,27,28,29)/t5-,6-,8-,9-,10-,11-,14-,15-/m1/s1. The molecule has 33 heavy (non-hydrogen) atoms. The topological polar surface area (TPSA) is 272 Å². The Kier molecular flexibility index (Phi) is 7.82. The minimum atomic E-state index is -4.83. The molecular formula is C15H24N5O12P. The predicted octanol–water partition coefficient (Wildman–Crippen LogP) is -4.41. The van der Waals surface area contributed by atoms with E-state index >= 15 is 0 Å². The number of imidazole rings is 1. The minimum Gasteiger partial charge on any atom is -0.394 e. The zero-order valence-electron chi connectivity index (χ0n) is 16.7. The van der Waals surface area contributed by atoms with Gasteiger partial charge < -0.3 is 55.8 Å². The largest absolute Gasteiger partial charge is 0.469 e. The number of ether oxygens (including phenoxy) is 2. The Morgan fingerprint density at radius 1 is 1.21 bits per heavy atom. The number of carbonyl (C=O) groups is 1. The van der Waals surface area contributed by atoms with E-state index in [4.69, 9.17) is 25.0 Å². The van der Waals surface area contributed by atoms with E-state index < -0.39 is 76.0 Å². The zero-order chi connectivity index (χ0) is 24.5. The summed E-state index contributed by atoms with van der Waals surface area (Å²) < 4.78 is 26.8. The molecule has 8 atom stereocenters. The van der Waals surface area contributed by atoms with Gasteiger partial charge in [-0.15, -0.1) is 0 Å². The van der Waals surface area contributed by atoms with Gasteiger partial charge in [0.25, 0.3) is 5.91 Å². The van der Waals surface area contributed by atoms with E-state index in [1.165, 1.54) is 0 Å². The van der Waals surface area contributed by atoms with Crippen molar-refractivity contribution in [2.45, 2.75) is 49.1 Å². The van der Waals surface area contributed by atoms with E-state index in [0.717, 1.165) is 17.2 Å². The van der Waals surface area contributed by atoms with Crippen LogP contribution in [-0.2, 0) is 18.6 Å². The van der Waals surface area contributed by atoms with Crippen molar-refractivity contribution in [1.29, 1.82) is 0 Å². The van der Waals surface area contributed by atoms with Crippen LogP contribution < -0.4 is 11.1 Å². The van der Waals surface area contributed by atoms with Crippen molar-refractivity contribution in [3.63, 3.8) is 0 Å². The van der Waals surface area contributed by atoms with Crippen LogP contribution in [0.1, 0.15) is 16.7 Å². The predicted molar refractivity (Wildman–Crippen MR) is 105 cm³/mol. The molecule has 0 saturated carbocycles. The number of hydrogen-bond acceptors (Lipinski definition) is 12. The molecule has 0 bridgehead atoms. The lowest BCUT2D eigenvalue weighted by atomic mass is 10.1. The third-order valence-corrected chi connectivity index (χ3v) is 5.47. The van der Waals surface area contributed by atoms with Gasteiger partial charge in [-0.3, -0.25) is 13.9 Å². The van der Waals surface area contributed by atoms with Gasteiger partial charge in [-0.1, -0.05) is 0 Å². The molecule has 1 aromatic heterocycles. The smallest absolute Gasteiger partial charge is 0.394 e. The first-order valence-electron chi connectivity index (χ1n) is 9.43. The van der Waals surface area contributed by atoms with Crippen LogP contribution >= 0.6 is 7.82 Å². The molecule has 2 aliphatic heterocycles. The molecule has 17 nitrogen and oxygen atoms in total. The third kappa shape index (κ3) is 5.56. The number of anilines is 1. The van der Waals surface area contributed by atoms with E-state index in [9.17, 15) is 34.9 Å². The average Bonchev–Trinajstić information content (AvgIpc) is 3.37. The normalized spacial score (nSPS) is 34.9. The average molecular weight is 497 g/mol. The monoisotopic (exact) mass is 497 g/mol. The lowest BCUT2D eigenvalue weighted by molar-refractivity contribution is -0.0518. The summed E-state index contributed by atoms with van der Waals surface area (Å²) in [5.74, 6) is -1.07. The van der Waals surface area contributed by atoms with Crippen LogP contribution in [0.5, 0.6) is 0 Å². The van der Waals surface area contributed by atoms with Crippen LogP contribution in [0.4, 0.5) is 5.82 Å². The lowest BCUT2D eigenvalue weighted by Crippen LogP contribution is -2.34. The number of carbonyl (C=O) groups excluding carboxylic acids is 1. The van der Waals surface area contributed by atoms with Crippen molar-refractivity contribution in [2.24, 2.45) is 10.7 Å². The van der Waals surface area contributed by atoms with E-state index in [0.29, 0.717) is 0 Å². The fourth-order valence-electron chi connectivity index (χ4n) is 3.32. The highest BCUT2D eigenvalue weighted by atomic mass is 31.2. The number of nitrogens with zero attached hydrogens (tertiary/aromatic N) is 3. The number of nitrogens with two attached hydrogens (primary N) is 1. The first-order valence-corrected chi connectivity index (χ1v) is 11.0. The van der Waals surface area contributed by atoms with Gasteiger partial charge in [0.2, 0.25) is 0 Å². The molecule has 10 N–H and O–H groups in total. The second-order valence-corrected chi connectivity index (χ2v) is 8.44. The highest BCUT2D eigenvalue weighted by molar-refractivity contribution is 7.46. The molecule has 2 fully saturated rings. The molecule has 0 aliphatic carbocycles. The van der Waals surface area contributed by atoms with Gasteiger partial charge in [0, 0.05) is 0 Å². The Labute approximate surface area is 185 Å². The van der Waals surface area contributed by atoms with Gasteiger partial charge in [-0.05, 0) is 0 Å². The number of hydrogen-bond donors (Lipinski definition) is 9. The maximum atomic E-state index is 11.7. The molecular weight excluding hydrogens is 473 g/mol. The summed E-state index contributed by atoms with van der Waals surface area (Å²) in [6, 6.07) is 0. The fourth-order valence-corrected chi connectivity index (χ4v) is 3.66. The summed E-state index contributed by atoms with van der Waals surface area (Å²) in [6.45, 7) is -1.30. The van der Waals surface area contributed by atoms with Crippen molar-refractivity contribution in [3.05, 3.63) is 12.0 Å². The second kappa shape index (κ2) is 10.1. The van der Waals surface area contributed by atoms with Gasteiger partial charge in [-0.25, -0.2) is 14.5 Å². The number of phosphoric ester groups is 1. The van der Waals surface area contributed by atoms with E-state index in [-0.39, 0.29) is 11.5 Å². The van der Waals surface area contributed by atoms with Gasteiger partial charge in [-0.2, -0.15) is 0 Å². The Morgan fingerprint density at radius 3 is 2.45 bits per heavy atom. The number of aromatic nitrogens is 2. The van der Waals surface area contributed by atoms with E-state index in [1.54, 1.807) is 0 Å². The van der Waals surface area contributed by atoms with Gasteiger partial charge in [0.1, 0.15) is 42.4 Å². The third-order valence-electron chi connectivity index (χ3n) is 4.99. The summed E-state index contributed by atoms with van der Waals surface area (Å²) in [7, 11) is -4.83. The molecule has 3 rings (SSSR count). The molecule has 3 heterocycles. The number of rotatable bonds is 9. The van der Waals surface area contributed by atoms with E-state index in [2.05, 4.69) is 19.8 Å². The second-order valence-electron chi connectivity index (χ2n) is 7.20. The maximum absolute atomic E-state index is 11.7. The first kappa shape index (κ1) is 25.6. The number of phosphoric acid groups is 1. The molecule has 0 aromatic carbocycles. The molecule has 1 aromatic rings. The number of amides is 1. The summed E-state index contributed by atoms with van der Waals surface area (Å²) >= 11 is 0. The van der Waals surface area contributed by atoms with Crippen LogP contribution in [0.15, 0.2) is 11.3 Å². The van der Waals surface area contributed by atoms with Gasteiger partial charge in [0.15, 0.2) is 18.1 Å². The number of aliphatic hydroxyl groups excluding tert-OH is 5. The van der Waals surface area contributed by atoms with Crippen LogP contribution in [0.2, 0.25) is 0 Å².